The van der Waals surface area contributed by atoms with Crippen molar-refractivity contribution >= 4 is 5.91 Å². The van der Waals surface area contributed by atoms with E-state index in [2.05, 4.69) is 17.4 Å². The third kappa shape index (κ3) is 4.23. The van der Waals surface area contributed by atoms with Crippen molar-refractivity contribution in [3.8, 4) is 11.3 Å². The van der Waals surface area contributed by atoms with Crippen molar-refractivity contribution in [1.29, 1.82) is 0 Å². The smallest absolute Gasteiger partial charge is 0.226 e. The second-order valence-electron chi connectivity index (χ2n) is 4.78. The largest absolute Gasteiger partial charge is 0.356 e. The molecule has 0 unspecified atom stereocenters. The second-order valence-corrected chi connectivity index (χ2v) is 4.78. The number of nitrogens with zero attached hydrogens (tertiary/aromatic N) is 1. The molecule has 106 valence electrons. The number of rotatable bonds is 7. The van der Waals surface area contributed by atoms with Crippen LogP contribution in [-0.2, 0) is 11.2 Å². The predicted molar refractivity (Wildman–Crippen MR) is 78.2 cm³/mol. The Morgan fingerprint density at radius 1 is 1.25 bits per heavy atom. The minimum atomic E-state index is -0.00554. The lowest BCUT2D eigenvalue weighted by Crippen LogP contribution is -2.26. The van der Waals surface area contributed by atoms with Gasteiger partial charge < -0.3 is 9.84 Å². The number of carbonyl (C=O) groups excluding carboxylic acids is 1. The highest BCUT2D eigenvalue weighted by molar-refractivity contribution is 5.78. The standard InChI is InChI=1S/C16H20N2O2/c1-2-3-7-10-17-16(19)12-14-11-15(20-18-14)13-8-5-4-6-9-13/h4-6,8-9,11H,2-3,7,10,12H2,1H3,(H,17,19). The molecular weight excluding hydrogens is 252 g/mol. The normalized spacial score (nSPS) is 10.4. The van der Waals surface area contributed by atoms with E-state index in [4.69, 9.17) is 4.52 Å². The summed E-state index contributed by atoms with van der Waals surface area (Å²) in [5.74, 6) is 0.688. The fraction of sp³-hybridized carbons (Fsp3) is 0.375. The quantitative estimate of drug-likeness (QED) is 0.787. The van der Waals surface area contributed by atoms with Gasteiger partial charge in [-0.05, 0) is 6.42 Å². The van der Waals surface area contributed by atoms with Crippen LogP contribution in [0.4, 0.5) is 0 Å². The van der Waals surface area contributed by atoms with Crippen molar-refractivity contribution < 1.29 is 9.32 Å². The zero-order valence-corrected chi connectivity index (χ0v) is 11.8. The molecule has 0 aliphatic rings. The fourth-order valence-corrected chi connectivity index (χ4v) is 1.96. The van der Waals surface area contributed by atoms with E-state index in [-0.39, 0.29) is 12.3 Å². The molecule has 20 heavy (non-hydrogen) atoms. The SMILES string of the molecule is CCCCCNC(=O)Cc1cc(-c2ccccc2)on1. The zero-order chi connectivity index (χ0) is 14.2. The maximum Gasteiger partial charge on any atom is 0.226 e. The molecular formula is C16H20N2O2. The maximum atomic E-state index is 11.7. The summed E-state index contributed by atoms with van der Waals surface area (Å²) in [4.78, 5) is 11.7. The predicted octanol–water partition coefficient (Wildman–Crippen LogP) is 3.19. The topological polar surface area (TPSA) is 55.1 Å². The van der Waals surface area contributed by atoms with E-state index in [1.54, 1.807) is 0 Å². The van der Waals surface area contributed by atoms with Crippen molar-refractivity contribution in [1.82, 2.24) is 10.5 Å². The van der Waals surface area contributed by atoms with E-state index < -0.39 is 0 Å². The molecule has 0 aliphatic carbocycles. The Morgan fingerprint density at radius 2 is 2.05 bits per heavy atom. The summed E-state index contributed by atoms with van der Waals surface area (Å²) >= 11 is 0. The summed E-state index contributed by atoms with van der Waals surface area (Å²) in [7, 11) is 0. The van der Waals surface area contributed by atoms with Crippen LogP contribution < -0.4 is 5.32 Å². The van der Waals surface area contributed by atoms with Gasteiger partial charge in [0.15, 0.2) is 5.76 Å². The molecule has 0 spiro atoms. The third-order valence-corrected chi connectivity index (χ3v) is 3.06. The van der Waals surface area contributed by atoms with Gasteiger partial charge in [-0.1, -0.05) is 55.3 Å². The number of carbonyl (C=O) groups is 1. The summed E-state index contributed by atoms with van der Waals surface area (Å²) in [5.41, 5.74) is 1.63. The summed E-state index contributed by atoms with van der Waals surface area (Å²) in [5, 5.41) is 6.84. The number of hydrogen-bond donors (Lipinski definition) is 1. The highest BCUT2D eigenvalue weighted by Crippen LogP contribution is 2.19. The van der Waals surface area contributed by atoms with Gasteiger partial charge in [0.2, 0.25) is 5.91 Å². The summed E-state index contributed by atoms with van der Waals surface area (Å²) in [6.45, 7) is 2.87. The molecule has 0 saturated carbocycles. The molecule has 2 aromatic rings. The Hall–Kier alpha value is -2.10. The molecule has 0 fully saturated rings. The summed E-state index contributed by atoms with van der Waals surface area (Å²) < 4.78 is 5.26. The molecule has 1 amide bonds. The highest BCUT2D eigenvalue weighted by atomic mass is 16.5. The van der Waals surface area contributed by atoms with Crippen molar-refractivity contribution in [3.63, 3.8) is 0 Å². The number of aromatic nitrogens is 1. The Bertz CT molecular complexity index is 534. The lowest BCUT2D eigenvalue weighted by Gasteiger charge is -2.02. The number of nitrogens with one attached hydrogen (secondary N) is 1. The molecule has 4 nitrogen and oxygen atoms in total. The van der Waals surface area contributed by atoms with E-state index in [1.807, 2.05) is 36.4 Å². The highest BCUT2D eigenvalue weighted by Gasteiger charge is 2.09. The van der Waals surface area contributed by atoms with Crippen LogP contribution in [0.3, 0.4) is 0 Å². The fourth-order valence-electron chi connectivity index (χ4n) is 1.96. The Balaban J connectivity index is 1.85. The van der Waals surface area contributed by atoms with Crippen molar-refractivity contribution in [2.45, 2.75) is 32.6 Å². The Labute approximate surface area is 119 Å². The van der Waals surface area contributed by atoms with Crippen LogP contribution in [0.25, 0.3) is 11.3 Å². The second kappa shape index (κ2) is 7.48. The van der Waals surface area contributed by atoms with Crippen LogP contribution in [-0.4, -0.2) is 17.6 Å². The summed E-state index contributed by atoms with van der Waals surface area (Å²) in [6.07, 6.45) is 3.58. The minimum absolute atomic E-state index is 0.00554. The first-order chi connectivity index (χ1) is 9.79. The van der Waals surface area contributed by atoms with Gasteiger partial charge in [0.05, 0.1) is 12.1 Å². The average Bonchev–Trinajstić information content (AvgIpc) is 2.93. The van der Waals surface area contributed by atoms with Crippen molar-refractivity contribution in [2.24, 2.45) is 0 Å². The molecule has 1 N–H and O–H groups in total. The number of unbranched alkanes of at least 4 members (excludes halogenated alkanes) is 2. The van der Waals surface area contributed by atoms with E-state index >= 15 is 0 Å². The zero-order valence-electron chi connectivity index (χ0n) is 11.8. The molecule has 2 rings (SSSR count). The molecule has 0 saturated heterocycles. The van der Waals surface area contributed by atoms with Crippen LogP contribution in [0, 0.1) is 0 Å². The van der Waals surface area contributed by atoms with Gasteiger partial charge in [-0.2, -0.15) is 0 Å². The molecule has 0 radical (unpaired) electrons. The monoisotopic (exact) mass is 272 g/mol. The van der Waals surface area contributed by atoms with Gasteiger partial charge >= 0.3 is 0 Å². The van der Waals surface area contributed by atoms with E-state index in [1.165, 1.54) is 0 Å². The van der Waals surface area contributed by atoms with Gasteiger partial charge in [-0.15, -0.1) is 0 Å². The first kappa shape index (κ1) is 14.3. The minimum Gasteiger partial charge on any atom is -0.356 e. The van der Waals surface area contributed by atoms with E-state index in [0.29, 0.717) is 11.5 Å². The van der Waals surface area contributed by atoms with Gasteiger partial charge in [0, 0.05) is 18.2 Å². The lowest BCUT2D eigenvalue weighted by atomic mass is 10.1. The van der Waals surface area contributed by atoms with Crippen LogP contribution in [0.5, 0.6) is 0 Å². The third-order valence-electron chi connectivity index (χ3n) is 3.06. The molecule has 4 heteroatoms. The van der Waals surface area contributed by atoms with Gasteiger partial charge in [0.25, 0.3) is 0 Å². The number of benzene rings is 1. The van der Waals surface area contributed by atoms with Crippen LogP contribution >= 0.6 is 0 Å². The Morgan fingerprint density at radius 3 is 2.80 bits per heavy atom. The van der Waals surface area contributed by atoms with Crippen LogP contribution in [0.1, 0.15) is 31.9 Å². The molecule has 0 aliphatic heterocycles. The van der Waals surface area contributed by atoms with E-state index in [9.17, 15) is 4.79 Å². The van der Waals surface area contributed by atoms with E-state index in [0.717, 1.165) is 31.4 Å². The first-order valence-corrected chi connectivity index (χ1v) is 7.07. The molecule has 1 aromatic heterocycles. The molecule has 0 bridgehead atoms. The first-order valence-electron chi connectivity index (χ1n) is 7.07. The van der Waals surface area contributed by atoms with Gasteiger partial charge in [-0.25, -0.2) is 0 Å². The van der Waals surface area contributed by atoms with Crippen LogP contribution in [0.15, 0.2) is 40.9 Å². The van der Waals surface area contributed by atoms with Crippen molar-refractivity contribution in [2.75, 3.05) is 6.54 Å². The summed E-state index contributed by atoms with van der Waals surface area (Å²) in [6, 6.07) is 11.6. The molecule has 0 atom stereocenters. The van der Waals surface area contributed by atoms with Gasteiger partial charge in [0.1, 0.15) is 0 Å². The average molecular weight is 272 g/mol. The number of amides is 1. The maximum absolute atomic E-state index is 11.7. The van der Waals surface area contributed by atoms with Crippen molar-refractivity contribution in [3.05, 3.63) is 42.1 Å². The lowest BCUT2D eigenvalue weighted by molar-refractivity contribution is -0.120. The molecule has 1 aromatic carbocycles. The van der Waals surface area contributed by atoms with Gasteiger partial charge in [-0.3, -0.25) is 4.79 Å². The Kier molecular flexibility index (Phi) is 5.35. The molecule has 1 heterocycles. The van der Waals surface area contributed by atoms with Crippen LogP contribution in [0.2, 0.25) is 0 Å². The number of hydrogen-bond acceptors (Lipinski definition) is 3.